The van der Waals surface area contributed by atoms with E-state index in [1.165, 1.54) is 43.5 Å². The predicted octanol–water partition coefficient (Wildman–Crippen LogP) is 2.88. The number of rotatable bonds is 5. The molecule has 0 aromatic heterocycles. The number of hydrogen-bond donors (Lipinski definition) is 1. The summed E-state index contributed by atoms with van der Waals surface area (Å²) in [5.41, 5.74) is -0.165. The van der Waals surface area contributed by atoms with Gasteiger partial charge in [-0.25, -0.2) is 17.2 Å². The number of halogens is 2. The number of hydrogen-bond acceptors (Lipinski definition) is 5. The maximum atomic E-state index is 13.9. The van der Waals surface area contributed by atoms with Crippen LogP contribution in [0, 0.1) is 0 Å². The normalized spacial score (nSPS) is 15.3. The van der Waals surface area contributed by atoms with Gasteiger partial charge in [0, 0.05) is 31.9 Å². The van der Waals surface area contributed by atoms with Crippen LogP contribution in [0.4, 0.5) is 14.5 Å². The molecule has 26 heavy (non-hydrogen) atoms. The molecule has 8 heteroatoms. The lowest BCUT2D eigenvalue weighted by Crippen LogP contribution is -2.44. The van der Waals surface area contributed by atoms with Crippen molar-refractivity contribution in [2.45, 2.75) is 16.2 Å². The lowest BCUT2D eigenvalue weighted by molar-refractivity contribution is 0.148. The Bertz CT molecular complexity index is 865. The summed E-state index contributed by atoms with van der Waals surface area (Å²) >= 11 is 0. The molecule has 1 N–H and O–H groups in total. The molecule has 1 saturated heterocycles. The number of piperazine rings is 1. The van der Waals surface area contributed by atoms with Crippen molar-refractivity contribution in [2.24, 2.45) is 0 Å². The van der Waals surface area contributed by atoms with E-state index in [-0.39, 0.29) is 15.5 Å². The zero-order valence-corrected chi connectivity index (χ0v) is 15.1. The Kier molecular flexibility index (Phi) is 5.43. The summed E-state index contributed by atoms with van der Waals surface area (Å²) in [6, 6.07) is 10.0. The van der Waals surface area contributed by atoms with Crippen molar-refractivity contribution in [1.29, 1.82) is 0 Å². The van der Waals surface area contributed by atoms with Crippen LogP contribution in [0.25, 0.3) is 0 Å². The van der Waals surface area contributed by atoms with E-state index in [0.29, 0.717) is 31.9 Å². The quantitative estimate of drug-likeness (QED) is 0.862. The molecule has 0 radical (unpaired) electrons. The summed E-state index contributed by atoms with van der Waals surface area (Å²) < 4.78 is 58.8. The Morgan fingerprint density at radius 3 is 2.31 bits per heavy atom. The van der Waals surface area contributed by atoms with E-state index >= 15 is 0 Å². The second kappa shape index (κ2) is 7.59. The van der Waals surface area contributed by atoms with Gasteiger partial charge in [0.05, 0.1) is 22.5 Å². The molecule has 1 heterocycles. The van der Waals surface area contributed by atoms with Crippen molar-refractivity contribution in [2.75, 3.05) is 38.2 Å². The number of nitrogens with one attached hydrogen (secondary N) is 1. The van der Waals surface area contributed by atoms with Crippen LogP contribution in [0.1, 0.15) is 12.0 Å². The third-order valence-electron chi connectivity index (χ3n) is 4.38. The first kappa shape index (κ1) is 18.6. The number of anilines is 1. The third-order valence-corrected chi connectivity index (χ3v) is 6.21. The van der Waals surface area contributed by atoms with Crippen LogP contribution in [0.3, 0.4) is 0 Å². The Hall–Kier alpha value is -2.19. The molecular formula is C18H20F2N2O3S. The maximum absolute atomic E-state index is 13.9. The zero-order chi connectivity index (χ0) is 18.7. The Labute approximate surface area is 151 Å². The molecule has 0 atom stereocenters. The fourth-order valence-electron chi connectivity index (χ4n) is 3.05. The topological polar surface area (TPSA) is 58.6 Å². The smallest absolute Gasteiger partial charge is 0.267 e. The van der Waals surface area contributed by atoms with Crippen LogP contribution in [0.2, 0.25) is 0 Å². The van der Waals surface area contributed by atoms with Crippen LogP contribution >= 0.6 is 0 Å². The SMILES string of the molecule is COc1ccc(S(=O)(=O)c2cccc(N3CCNCC3)c2C(F)F)cc1. The van der Waals surface area contributed by atoms with Crippen LogP contribution in [0.5, 0.6) is 5.75 Å². The van der Waals surface area contributed by atoms with Crippen LogP contribution in [-0.2, 0) is 9.84 Å². The van der Waals surface area contributed by atoms with Crippen LogP contribution in [0.15, 0.2) is 52.3 Å². The molecule has 2 aromatic rings. The molecule has 1 aliphatic heterocycles. The first-order valence-corrected chi connectivity index (χ1v) is 9.69. The number of ether oxygens (including phenoxy) is 1. The van der Waals surface area contributed by atoms with Gasteiger partial charge in [0.1, 0.15) is 5.75 Å². The monoisotopic (exact) mass is 382 g/mol. The average Bonchev–Trinajstić information content (AvgIpc) is 2.68. The van der Waals surface area contributed by atoms with Gasteiger partial charge in [0.15, 0.2) is 0 Å². The molecule has 140 valence electrons. The lowest BCUT2D eigenvalue weighted by Gasteiger charge is -2.31. The fraction of sp³-hybridized carbons (Fsp3) is 0.333. The third kappa shape index (κ3) is 3.52. The van der Waals surface area contributed by atoms with Crippen molar-refractivity contribution < 1.29 is 21.9 Å². The molecule has 0 bridgehead atoms. The molecule has 1 aliphatic rings. The second-order valence-electron chi connectivity index (χ2n) is 5.91. The van der Waals surface area contributed by atoms with Crippen molar-refractivity contribution in [3.05, 3.63) is 48.0 Å². The molecule has 0 saturated carbocycles. The standard InChI is InChI=1S/C18H20F2N2O3S/c1-25-13-5-7-14(8-6-13)26(23,24)16-4-2-3-15(17(16)18(19)20)22-11-9-21-10-12-22/h2-8,18,21H,9-12H2,1H3. The molecule has 0 unspecified atom stereocenters. The van der Waals surface area contributed by atoms with Crippen LogP contribution in [-0.4, -0.2) is 41.7 Å². The van der Waals surface area contributed by atoms with E-state index in [9.17, 15) is 17.2 Å². The summed E-state index contributed by atoms with van der Waals surface area (Å²) in [7, 11) is -2.61. The predicted molar refractivity (Wildman–Crippen MR) is 94.9 cm³/mol. The number of benzene rings is 2. The largest absolute Gasteiger partial charge is 0.497 e. The molecule has 3 rings (SSSR count). The summed E-state index contributed by atoms with van der Waals surface area (Å²) in [5, 5.41) is 3.16. The number of sulfone groups is 1. The van der Waals surface area contributed by atoms with Gasteiger partial charge in [-0.05, 0) is 36.4 Å². The summed E-state index contributed by atoms with van der Waals surface area (Å²) in [6.45, 7) is 2.42. The minimum atomic E-state index is -4.08. The summed E-state index contributed by atoms with van der Waals surface area (Å²) in [6.07, 6.45) is -2.90. The van der Waals surface area contributed by atoms with E-state index in [4.69, 9.17) is 4.74 Å². The molecule has 5 nitrogen and oxygen atoms in total. The summed E-state index contributed by atoms with van der Waals surface area (Å²) in [4.78, 5) is 1.40. The number of nitrogens with zero attached hydrogens (tertiary/aromatic N) is 1. The minimum absolute atomic E-state index is 0.0438. The summed E-state index contributed by atoms with van der Waals surface area (Å²) in [5.74, 6) is 0.493. The Balaban J connectivity index is 2.10. The molecule has 1 fully saturated rings. The van der Waals surface area contributed by atoms with Gasteiger partial charge >= 0.3 is 0 Å². The highest BCUT2D eigenvalue weighted by molar-refractivity contribution is 7.91. The average molecular weight is 382 g/mol. The molecule has 2 aromatic carbocycles. The van der Waals surface area contributed by atoms with Crippen molar-refractivity contribution in [1.82, 2.24) is 5.32 Å². The fourth-order valence-corrected chi connectivity index (χ4v) is 4.54. The molecule has 0 amide bonds. The van der Waals surface area contributed by atoms with E-state index < -0.39 is 21.8 Å². The Morgan fingerprint density at radius 2 is 1.73 bits per heavy atom. The van der Waals surface area contributed by atoms with Gasteiger partial charge in [-0.2, -0.15) is 0 Å². The lowest BCUT2D eigenvalue weighted by atomic mass is 10.1. The van der Waals surface area contributed by atoms with Crippen molar-refractivity contribution in [3.8, 4) is 5.75 Å². The van der Waals surface area contributed by atoms with Crippen molar-refractivity contribution in [3.63, 3.8) is 0 Å². The van der Waals surface area contributed by atoms with Gasteiger partial charge in [0.2, 0.25) is 9.84 Å². The maximum Gasteiger partial charge on any atom is 0.267 e. The van der Waals surface area contributed by atoms with Crippen LogP contribution < -0.4 is 15.0 Å². The molecule has 0 aliphatic carbocycles. The van der Waals surface area contributed by atoms with E-state index in [1.54, 1.807) is 11.0 Å². The first-order chi connectivity index (χ1) is 12.4. The van der Waals surface area contributed by atoms with Crippen molar-refractivity contribution >= 4 is 15.5 Å². The number of alkyl halides is 2. The minimum Gasteiger partial charge on any atom is -0.497 e. The zero-order valence-electron chi connectivity index (χ0n) is 14.3. The van der Waals surface area contributed by atoms with E-state index in [1.807, 2.05) is 0 Å². The van der Waals surface area contributed by atoms with Gasteiger partial charge in [-0.1, -0.05) is 6.07 Å². The molecular weight excluding hydrogens is 362 g/mol. The first-order valence-electron chi connectivity index (χ1n) is 8.21. The molecule has 0 spiro atoms. The highest BCUT2D eigenvalue weighted by atomic mass is 32.2. The van der Waals surface area contributed by atoms with Gasteiger partial charge in [-0.3, -0.25) is 0 Å². The number of methoxy groups -OCH3 is 1. The highest BCUT2D eigenvalue weighted by Gasteiger charge is 2.29. The van der Waals surface area contributed by atoms with Gasteiger partial charge in [-0.15, -0.1) is 0 Å². The van der Waals surface area contributed by atoms with E-state index in [2.05, 4.69) is 5.32 Å². The van der Waals surface area contributed by atoms with E-state index in [0.717, 1.165) is 0 Å². The van der Waals surface area contributed by atoms with Gasteiger partial charge in [0.25, 0.3) is 6.43 Å². The van der Waals surface area contributed by atoms with Gasteiger partial charge < -0.3 is 15.0 Å². The second-order valence-corrected chi connectivity index (χ2v) is 7.82. The Morgan fingerprint density at radius 1 is 1.08 bits per heavy atom. The highest BCUT2D eigenvalue weighted by Crippen LogP contribution is 2.38.